The van der Waals surface area contributed by atoms with E-state index in [9.17, 15) is 4.79 Å². The Hall–Kier alpha value is -4.58. The fourth-order valence-corrected chi connectivity index (χ4v) is 5.13. The third-order valence-corrected chi connectivity index (χ3v) is 7.36. The van der Waals surface area contributed by atoms with Gasteiger partial charge in [0, 0.05) is 22.9 Å². The monoisotopic (exact) mass is 587 g/mol. The summed E-state index contributed by atoms with van der Waals surface area (Å²) in [4.78, 5) is 16.7. The Labute approximate surface area is 244 Å². The van der Waals surface area contributed by atoms with E-state index in [-0.39, 0.29) is 5.91 Å². The highest BCUT2D eigenvalue weighted by Crippen LogP contribution is 2.33. The average Bonchev–Trinajstić information content (AvgIpc) is 3.73. The number of rotatable bonds is 8. The van der Waals surface area contributed by atoms with E-state index in [1.54, 1.807) is 42.6 Å². The number of amides is 1. The number of hydrogen-bond donors (Lipinski definition) is 3. The lowest BCUT2D eigenvalue weighted by atomic mass is 10.0. The predicted molar refractivity (Wildman–Crippen MR) is 157 cm³/mol. The maximum atomic E-state index is 13.2. The molecule has 0 spiro atoms. The van der Waals surface area contributed by atoms with Crippen LogP contribution >= 0.6 is 23.2 Å². The minimum absolute atomic E-state index is 0.308. The van der Waals surface area contributed by atoms with Crippen molar-refractivity contribution in [3.63, 3.8) is 0 Å². The second kappa shape index (κ2) is 11.1. The zero-order valence-electron chi connectivity index (χ0n) is 21.4. The quantitative estimate of drug-likeness (QED) is 0.141. The lowest BCUT2D eigenvalue weighted by Crippen LogP contribution is -2.51. The highest BCUT2D eigenvalue weighted by molar-refractivity contribution is 6.32. The Morgan fingerprint density at radius 2 is 2.05 bits per heavy atom. The van der Waals surface area contributed by atoms with Crippen molar-refractivity contribution in [2.24, 2.45) is 4.99 Å². The molecule has 0 bridgehead atoms. The Morgan fingerprint density at radius 3 is 2.85 bits per heavy atom. The summed E-state index contributed by atoms with van der Waals surface area (Å²) < 4.78 is 6.81. The third kappa shape index (κ3) is 5.68. The molecule has 3 aromatic carbocycles. The number of nitrogens with two attached hydrogens (primary N) is 1. The fourth-order valence-electron chi connectivity index (χ4n) is 4.66. The molecule has 2 aromatic heterocycles. The van der Waals surface area contributed by atoms with E-state index in [0.29, 0.717) is 45.0 Å². The summed E-state index contributed by atoms with van der Waals surface area (Å²) in [6.45, 7) is 0. The second-order valence-electron chi connectivity index (χ2n) is 9.45. The van der Waals surface area contributed by atoms with Crippen molar-refractivity contribution in [1.82, 2.24) is 36.0 Å². The first-order valence-electron chi connectivity index (χ1n) is 12.6. The van der Waals surface area contributed by atoms with E-state index >= 15 is 0 Å². The van der Waals surface area contributed by atoms with Gasteiger partial charge in [0.25, 0.3) is 0 Å². The van der Waals surface area contributed by atoms with Crippen molar-refractivity contribution in [3.05, 3.63) is 101 Å². The molecule has 3 heterocycles. The van der Waals surface area contributed by atoms with Crippen LogP contribution in [0, 0.1) is 0 Å². The van der Waals surface area contributed by atoms with Crippen molar-refractivity contribution >= 4 is 58.2 Å². The molecular formula is C28H23Cl2N9O2. The number of hydrogen-bond acceptors (Lipinski definition) is 9. The minimum Gasteiger partial charge on any atom is -0.380 e. The summed E-state index contributed by atoms with van der Waals surface area (Å²) in [5.41, 5.74) is 9.44. The number of aromatic nitrogens is 5. The number of nitrogens with zero attached hydrogens (tertiary/aromatic N) is 6. The molecule has 5 aromatic rings. The first-order chi connectivity index (χ1) is 19.9. The van der Waals surface area contributed by atoms with Crippen molar-refractivity contribution in [3.8, 4) is 5.69 Å². The summed E-state index contributed by atoms with van der Waals surface area (Å²) in [6, 6.07) is 20.0. The van der Waals surface area contributed by atoms with E-state index < -0.39 is 17.2 Å². The van der Waals surface area contributed by atoms with Crippen LogP contribution in [0.25, 0.3) is 22.7 Å². The standard InChI is InChI=1S/C28H23Cl2N9O2/c29-20-8-10-23(39-16-33-37-38-39)18(13-20)6-11-25(40)34-22(12-17-4-2-1-3-5-17)27-32-15-28(30,35-27)19-7-9-21-24(14-19)41-36-26(21)31/h1-11,13-16,22,27,35H,12H2,(H2,31,36)(H,34,40)/b11-6+/t22-,27?,28?/m0/s1. The molecule has 0 saturated heterocycles. The lowest BCUT2D eigenvalue weighted by Gasteiger charge is -2.27. The van der Waals surface area contributed by atoms with Gasteiger partial charge in [0.1, 0.15) is 12.5 Å². The van der Waals surface area contributed by atoms with Gasteiger partial charge in [0.15, 0.2) is 16.4 Å². The van der Waals surface area contributed by atoms with Crippen molar-refractivity contribution in [1.29, 1.82) is 0 Å². The van der Waals surface area contributed by atoms with Crippen LogP contribution in [0.2, 0.25) is 5.02 Å². The van der Waals surface area contributed by atoms with E-state index in [1.807, 2.05) is 36.4 Å². The summed E-state index contributed by atoms with van der Waals surface area (Å²) in [5.74, 6) is -0.0150. The summed E-state index contributed by atoms with van der Waals surface area (Å²) >= 11 is 13.2. The van der Waals surface area contributed by atoms with Gasteiger partial charge in [-0.3, -0.25) is 15.1 Å². The van der Waals surface area contributed by atoms with Gasteiger partial charge in [-0.15, -0.1) is 5.10 Å². The predicted octanol–water partition coefficient (Wildman–Crippen LogP) is 3.87. The van der Waals surface area contributed by atoms with Crippen molar-refractivity contribution in [2.75, 3.05) is 5.73 Å². The minimum atomic E-state index is -1.13. The Kier molecular flexibility index (Phi) is 7.23. The molecule has 13 heteroatoms. The number of aliphatic imine (C=N–C) groups is 1. The molecule has 0 saturated carbocycles. The fraction of sp³-hybridized carbons (Fsp3) is 0.143. The van der Waals surface area contributed by atoms with E-state index in [1.165, 1.54) is 17.1 Å². The topological polar surface area (TPSA) is 149 Å². The summed E-state index contributed by atoms with van der Waals surface area (Å²) in [5, 5.41) is 22.8. The van der Waals surface area contributed by atoms with E-state index in [2.05, 4.69) is 36.3 Å². The van der Waals surface area contributed by atoms with Gasteiger partial charge in [0.2, 0.25) is 5.91 Å². The maximum Gasteiger partial charge on any atom is 0.244 e. The molecule has 4 N–H and O–H groups in total. The molecule has 3 atom stereocenters. The average molecular weight is 588 g/mol. The highest BCUT2D eigenvalue weighted by Gasteiger charge is 2.39. The van der Waals surface area contributed by atoms with Gasteiger partial charge in [-0.1, -0.05) is 64.8 Å². The van der Waals surface area contributed by atoms with Gasteiger partial charge < -0.3 is 15.6 Å². The molecule has 0 radical (unpaired) electrons. The zero-order chi connectivity index (χ0) is 28.4. The molecule has 0 aliphatic carbocycles. The first-order valence-corrected chi connectivity index (χ1v) is 13.4. The summed E-state index contributed by atoms with van der Waals surface area (Å²) in [6.07, 6.45) is 6.17. The number of halogens is 2. The molecule has 1 aliphatic rings. The van der Waals surface area contributed by atoms with Crippen molar-refractivity contribution in [2.45, 2.75) is 23.6 Å². The zero-order valence-corrected chi connectivity index (χ0v) is 22.9. The molecule has 6 rings (SSSR count). The summed E-state index contributed by atoms with van der Waals surface area (Å²) in [7, 11) is 0. The number of carbonyl (C=O) groups excluding carboxylic acids is 1. The third-order valence-electron chi connectivity index (χ3n) is 6.70. The Bertz CT molecular complexity index is 1760. The lowest BCUT2D eigenvalue weighted by molar-refractivity contribution is -0.117. The smallest absolute Gasteiger partial charge is 0.244 e. The van der Waals surface area contributed by atoms with Crippen LogP contribution in [0.1, 0.15) is 16.7 Å². The molecule has 1 amide bonds. The molecule has 2 unspecified atom stereocenters. The number of carbonyl (C=O) groups is 1. The molecule has 11 nitrogen and oxygen atoms in total. The van der Waals surface area contributed by atoms with Crippen molar-refractivity contribution < 1.29 is 9.32 Å². The number of fused-ring (bicyclic) bond motifs is 1. The Morgan fingerprint density at radius 1 is 1.20 bits per heavy atom. The first kappa shape index (κ1) is 26.6. The largest absolute Gasteiger partial charge is 0.380 e. The van der Waals surface area contributed by atoms with E-state index in [0.717, 1.165) is 5.56 Å². The highest BCUT2D eigenvalue weighted by atomic mass is 35.5. The van der Waals surface area contributed by atoms with Crippen LogP contribution in [0.4, 0.5) is 5.82 Å². The molecule has 1 aliphatic heterocycles. The number of nitrogen functional groups attached to an aromatic ring is 1. The maximum absolute atomic E-state index is 13.2. The van der Waals surface area contributed by atoms with Crippen LogP contribution < -0.4 is 16.4 Å². The SMILES string of the molecule is Nc1noc2cc(C3(Cl)C=NC([C@H](Cc4ccccc4)NC(=O)/C=C/c4cc(Cl)ccc4-n4cnnn4)N3)ccc12. The van der Waals surface area contributed by atoms with Crippen LogP contribution in [0.3, 0.4) is 0 Å². The molecule has 206 valence electrons. The van der Waals surface area contributed by atoms with Crippen LogP contribution in [-0.2, 0) is 16.2 Å². The van der Waals surface area contributed by atoms with Crippen LogP contribution in [0.15, 0.2) is 88.6 Å². The molecular weight excluding hydrogens is 565 g/mol. The van der Waals surface area contributed by atoms with Gasteiger partial charge in [0.05, 0.1) is 17.1 Å². The van der Waals surface area contributed by atoms with Gasteiger partial charge in [-0.05, 0) is 64.4 Å². The molecule has 41 heavy (non-hydrogen) atoms. The van der Waals surface area contributed by atoms with Crippen LogP contribution in [0.5, 0.6) is 0 Å². The number of alkyl halides is 1. The normalized spacial score (nSPS) is 19.2. The number of nitrogens with one attached hydrogen (secondary N) is 2. The Balaban J connectivity index is 1.23. The van der Waals surface area contributed by atoms with E-state index in [4.69, 9.17) is 33.5 Å². The molecule has 0 fully saturated rings. The number of benzene rings is 3. The second-order valence-corrected chi connectivity index (χ2v) is 10.5. The van der Waals surface area contributed by atoms with Crippen LogP contribution in [-0.4, -0.2) is 49.7 Å². The number of anilines is 1. The van der Waals surface area contributed by atoms with Gasteiger partial charge >= 0.3 is 0 Å². The van der Waals surface area contributed by atoms with Gasteiger partial charge in [-0.25, -0.2) is 0 Å². The van der Waals surface area contributed by atoms with Gasteiger partial charge in [-0.2, -0.15) is 4.68 Å². The number of tetrazole rings is 1.